The molecular formula is C21H28N3O2+. The van der Waals surface area contributed by atoms with Crippen LogP contribution in [0.15, 0.2) is 54.6 Å². The Kier molecular flexibility index (Phi) is 8.36. The standard InChI is InChI=1S/C21H27N3O2/c22-14-8-2-5-13-20(25)23-16-21(26)24-19-12-7-6-11-18(19)15-17-9-3-1-4-10-17/h1,3-4,6-7,9-12H,2,5,8,13-16,22H2,(H,23,25)(H,24,26)/p+1. The van der Waals surface area contributed by atoms with Gasteiger partial charge in [-0.3, -0.25) is 9.59 Å². The average molecular weight is 354 g/mol. The number of unbranched alkanes of at least 4 members (excludes halogenated alkanes) is 2. The smallest absolute Gasteiger partial charge is 0.243 e. The maximum atomic E-state index is 12.2. The van der Waals surface area contributed by atoms with Crippen molar-refractivity contribution >= 4 is 17.5 Å². The van der Waals surface area contributed by atoms with E-state index < -0.39 is 0 Å². The Morgan fingerprint density at radius 1 is 0.846 bits per heavy atom. The first-order valence-electron chi connectivity index (χ1n) is 9.16. The quantitative estimate of drug-likeness (QED) is 0.571. The molecule has 0 atom stereocenters. The molecule has 2 amide bonds. The van der Waals surface area contributed by atoms with E-state index in [0.29, 0.717) is 6.42 Å². The highest BCUT2D eigenvalue weighted by atomic mass is 16.2. The maximum absolute atomic E-state index is 12.2. The van der Waals surface area contributed by atoms with Gasteiger partial charge in [0.25, 0.3) is 0 Å². The summed E-state index contributed by atoms with van der Waals surface area (Å²) in [6.07, 6.45) is 4.07. The van der Waals surface area contributed by atoms with Crippen LogP contribution in [0.2, 0.25) is 0 Å². The molecule has 0 aliphatic heterocycles. The van der Waals surface area contributed by atoms with Crippen molar-refractivity contribution in [3.05, 3.63) is 65.7 Å². The van der Waals surface area contributed by atoms with E-state index in [4.69, 9.17) is 0 Å². The van der Waals surface area contributed by atoms with E-state index in [9.17, 15) is 9.59 Å². The summed E-state index contributed by atoms with van der Waals surface area (Å²) in [6, 6.07) is 17.9. The number of para-hydroxylation sites is 1. The van der Waals surface area contributed by atoms with Crippen LogP contribution < -0.4 is 16.4 Å². The predicted molar refractivity (Wildman–Crippen MR) is 104 cm³/mol. The summed E-state index contributed by atoms with van der Waals surface area (Å²) in [4.78, 5) is 23.9. The lowest BCUT2D eigenvalue weighted by atomic mass is 10.0. The molecule has 0 aliphatic rings. The Hall–Kier alpha value is -2.66. The van der Waals surface area contributed by atoms with Gasteiger partial charge in [0.2, 0.25) is 11.8 Å². The normalized spacial score (nSPS) is 10.3. The molecule has 0 fully saturated rings. The third-order valence-electron chi connectivity index (χ3n) is 4.13. The van der Waals surface area contributed by atoms with Gasteiger partial charge in [-0.2, -0.15) is 0 Å². The lowest BCUT2D eigenvalue weighted by Crippen LogP contribution is -2.50. The second kappa shape index (κ2) is 11.1. The number of hydrogen-bond donors (Lipinski definition) is 3. The van der Waals surface area contributed by atoms with Crippen molar-refractivity contribution in [3.63, 3.8) is 0 Å². The van der Waals surface area contributed by atoms with E-state index in [1.165, 1.54) is 5.56 Å². The SMILES string of the molecule is [NH3+]CCCCCC(=O)NCC(=O)Nc1ccccc1Cc1ccccc1. The summed E-state index contributed by atoms with van der Waals surface area (Å²) >= 11 is 0. The second-order valence-corrected chi connectivity index (χ2v) is 6.31. The third-order valence-corrected chi connectivity index (χ3v) is 4.13. The Balaban J connectivity index is 1.82. The summed E-state index contributed by atoms with van der Waals surface area (Å²) in [6.45, 7) is 0.889. The zero-order chi connectivity index (χ0) is 18.6. The average Bonchev–Trinajstić information content (AvgIpc) is 2.66. The van der Waals surface area contributed by atoms with E-state index in [2.05, 4.69) is 28.5 Å². The molecule has 5 heteroatoms. The molecule has 0 saturated heterocycles. The number of anilines is 1. The molecule has 0 radical (unpaired) electrons. The number of quaternary nitrogens is 1. The Morgan fingerprint density at radius 3 is 2.35 bits per heavy atom. The number of rotatable bonds is 10. The van der Waals surface area contributed by atoms with Crippen LogP contribution in [-0.2, 0) is 16.0 Å². The minimum atomic E-state index is -0.211. The minimum absolute atomic E-state index is 0.00611. The molecule has 26 heavy (non-hydrogen) atoms. The molecule has 0 unspecified atom stereocenters. The molecule has 2 aromatic rings. The summed E-state index contributed by atoms with van der Waals surface area (Å²) in [7, 11) is 0. The van der Waals surface area contributed by atoms with Gasteiger partial charge in [-0.15, -0.1) is 0 Å². The van der Waals surface area contributed by atoms with Gasteiger partial charge in [-0.1, -0.05) is 48.5 Å². The fourth-order valence-electron chi connectivity index (χ4n) is 2.71. The zero-order valence-electron chi connectivity index (χ0n) is 15.2. The third kappa shape index (κ3) is 7.07. The largest absolute Gasteiger partial charge is 0.358 e. The van der Waals surface area contributed by atoms with E-state index in [1.807, 2.05) is 42.5 Å². The van der Waals surface area contributed by atoms with E-state index in [1.54, 1.807) is 0 Å². The summed E-state index contributed by atoms with van der Waals surface area (Å²) in [5.74, 6) is -0.293. The zero-order valence-corrected chi connectivity index (χ0v) is 15.2. The highest BCUT2D eigenvalue weighted by Gasteiger charge is 2.09. The lowest BCUT2D eigenvalue weighted by molar-refractivity contribution is -0.368. The fourth-order valence-corrected chi connectivity index (χ4v) is 2.71. The first kappa shape index (κ1) is 19.7. The molecule has 5 N–H and O–H groups in total. The second-order valence-electron chi connectivity index (χ2n) is 6.31. The van der Waals surface area contributed by atoms with Crippen molar-refractivity contribution in [2.75, 3.05) is 18.4 Å². The van der Waals surface area contributed by atoms with Gasteiger partial charge in [0, 0.05) is 12.1 Å². The molecule has 0 saturated carbocycles. The minimum Gasteiger partial charge on any atom is -0.358 e. The highest BCUT2D eigenvalue weighted by molar-refractivity contribution is 5.95. The van der Waals surface area contributed by atoms with Crippen LogP contribution in [0.4, 0.5) is 5.69 Å². The number of carbonyl (C=O) groups excluding carboxylic acids is 2. The number of amides is 2. The van der Waals surface area contributed by atoms with Crippen LogP contribution in [0, 0.1) is 0 Å². The molecule has 0 bridgehead atoms. The Morgan fingerprint density at radius 2 is 1.58 bits per heavy atom. The Labute approximate surface area is 155 Å². The van der Waals surface area contributed by atoms with Crippen LogP contribution in [-0.4, -0.2) is 24.9 Å². The number of nitrogens with one attached hydrogen (secondary N) is 2. The number of hydrogen-bond acceptors (Lipinski definition) is 2. The van der Waals surface area contributed by atoms with Gasteiger partial charge in [0.1, 0.15) is 0 Å². The predicted octanol–water partition coefficient (Wildman–Crippen LogP) is 2.13. The van der Waals surface area contributed by atoms with E-state index >= 15 is 0 Å². The van der Waals surface area contributed by atoms with Gasteiger partial charge in [0.05, 0.1) is 13.1 Å². The first-order chi connectivity index (χ1) is 12.7. The fraction of sp³-hybridized carbons (Fsp3) is 0.333. The number of benzene rings is 2. The monoisotopic (exact) mass is 354 g/mol. The van der Waals surface area contributed by atoms with E-state index in [-0.39, 0.29) is 18.4 Å². The van der Waals surface area contributed by atoms with Crippen LogP contribution in [0.5, 0.6) is 0 Å². The molecule has 2 rings (SSSR count). The molecule has 0 aliphatic carbocycles. The topological polar surface area (TPSA) is 85.8 Å². The van der Waals surface area contributed by atoms with Crippen molar-refractivity contribution < 1.29 is 15.3 Å². The van der Waals surface area contributed by atoms with Crippen LogP contribution >= 0.6 is 0 Å². The Bertz CT molecular complexity index is 701. The summed E-state index contributed by atoms with van der Waals surface area (Å²) < 4.78 is 0. The van der Waals surface area contributed by atoms with Gasteiger partial charge in [0.15, 0.2) is 0 Å². The van der Waals surface area contributed by atoms with Crippen molar-refractivity contribution in [2.24, 2.45) is 0 Å². The molecule has 2 aromatic carbocycles. The van der Waals surface area contributed by atoms with Crippen molar-refractivity contribution in [3.8, 4) is 0 Å². The molecule has 0 aromatic heterocycles. The van der Waals surface area contributed by atoms with Crippen LogP contribution in [0.1, 0.15) is 36.8 Å². The van der Waals surface area contributed by atoms with Crippen LogP contribution in [0.3, 0.4) is 0 Å². The molecule has 138 valence electrons. The lowest BCUT2D eigenvalue weighted by Gasteiger charge is -2.12. The summed E-state index contributed by atoms with van der Waals surface area (Å²) in [5, 5.41) is 5.58. The van der Waals surface area contributed by atoms with Crippen molar-refractivity contribution in [2.45, 2.75) is 32.1 Å². The maximum Gasteiger partial charge on any atom is 0.243 e. The molecule has 5 nitrogen and oxygen atoms in total. The van der Waals surface area contributed by atoms with Gasteiger partial charge in [-0.05, 0) is 42.9 Å². The summed E-state index contributed by atoms with van der Waals surface area (Å²) in [5.41, 5.74) is 6.80. The van der Waals surface area contributed by atoms with Crippen molar-refractivity contribution in [1.29, 1.82) is 0 Å². The van der Waals surface area contributed by atoms with Gasteiger partial charge in [-0.25, -0.2) is 0 Å². The van der Waals surface area contributed by atoms with Gasteiger partial charge < -0.3 is 16.4 Å². The number of carbonyl (C=O) groups is 2. The molecule has 0 heterocycles. The molecular weight excluding hydrogens is 326 g/mol. The van der Waals surface area contributed by atoms with Crippen molar-refractivity contribution in [1.82, 2.24) is 5.32 Å². The first-order valence-corrected chi connectivity index (χ1v) is 9.16. The van der Waals surface area contributed by atoms with Gasteiger partial charge >= 0.3 is 0 Å². The molecule has 0 spiro atoms. The van der Waals surface area contributed by atoms with Crippen LogP contribution in [0.25, 0.3) is 0 Å². The van der Waals surface area contributed by atoms with E-state index in [0.717, 1.165) is 43.5 Å². The highest BCUT2D eigenvalue weighted by Crippen LogP contribution is 2.19.